The summed E-state index contributed by atoms with van der Waals surface area (Å²) in [5, 5.41) is 3.37. The van der Waals surface area contributed by atoms with Crippen molar-refractivity contribution in [2.75, 3.05) is 44.2 Å². The van der Waals surface area contributed by atoms with Gasteiger partial charge in [0, 0.05) is 45.0 Å². The van der Waals surface area contributed by atoms with E-state index in [2.05, 4.69) is 46.3 Å². The highest BCUT2D eigenvalue weighted by atomic mass is 15.3. The maximum atomic E-state index is 3.37. The number of piperazine rings is 1. The predicted octanol–water partition coefficient (Wildman–Crippen LogP) is 2.33. The Bertz CT molecular complexity index is 403. The zero-order valence-corrected chi connectivity index (χ0v) is 12.6. The van der Waals surface area contributed by atoms with E-state index in [0.717, 1.165) is 19.0 Å². The molecule has 20 heavy (non-hydrogen) atoms. The van der Waals surface area contributed by atoms with Crippen LogP contribution < -0.4 is 10.2 Å². The molecule has 0 atom stereocenters. The average Bonchev–Trinajstić information content (AvgIpc) is 3.31. The van der Waals surface area contributed by atoms with Crippen LogP contribution in [0.3, 0.4) is 0 Å². The van der Waals surface area contributed by atoms with Crippen molar-refractivity contribution in [2.45, 2.75) is 26.3 Å². The Kier molecular flexibility index (Phi) is 4.58. The summed E-state index contributed by atoms with van der Waals surface area (Å²) in [6.07, 6.45) is 2.93. The Labute approximate surface area is 123 Å². The molecule has 3 heteroatoms. The zero-order chi connectivity index (χ0) is 13.8. The van der Waals surface area contributed by atoms with E-state index < -0.39 is 0 Å². The molecule has 3 nitrogen and oxygen atoms in total. The molecule has 2 fully saturated rings. The third kappa shape index (κ3) is 3.74. The monoisotopic (exact) mass is 273 g/mol. The second-order valence-corrected chi connectivity index (χ2v) is 6.18. The minimum atomic E-state index is 0.978. The van der Waals surface area contributed by atoms with E-state index in [4.69, 9.17) is 0 Å². The molecular formula is C17H27N3. The Morgan fingerprint density at radius 1 is 1.05 bits per heavy atom. The fourth-order valence-electron chi connectivity index (χ4n) is 2.95. The minimum absolute atomic E-state index is 0.978. The predicted molar refractivity (Wildman–Crippen MR) is 85.2 cm³/mol. The van der Waals surface area contributed by atoms with E-state index in [1.807, 2.05) is 0 Å². The van der Waals surface area contributed by atoms with Gasteiger partial charge in [0.2, 0.25) is 0 Å². The first-order valence-corrected chi connectivity index (χ1v) is 8.12. The van der Waals surface area contributed by atoms with Crippen molar-refractivity contribution in [2.24, 2.45) is 5.92 Å². The smallest absolute Gasteiger partial charge is 0.0367 e. The Balaban J connectivity index is 1.49. The van der Waals surface area contributed by atoms with Gasteiger partial charge in [-0.2, -0.15) is 0 Å². The van der Waals surface area contributed by atoms with Gasteiger partial charge in [-0.05, 0) is 43.0 Å². The molecule has 1 heterocycles. The number of benzene rings is 1. The summed E-state index contributed by atoms with van der Waals surface area (Å²) in [5.74, 6) is 1.02. The maximum absolute atomic E-state index is 3.37. The van der Waals surface area contributed by atoms with Crippen molar-refractivity contribution >= 4 is 5.69 Å². The SMILES string of the molecule is CCNCc1ccc(N2CCN(CC3CC3)CC2)cc1. The van der Waals surface area contributed by atoms with Crippen molar-refractivity contribution in [3.63, 3.8) is 0 Å². The van der Waals surface area contributed by atoms with Crippen LogP contribution in [0.25, 0.3) is 0 Å². The lowest BCUT2D eigenvalue weighted by molar-refractivity contribution is 0.248. The molecule has 0 amide bonds. The van der Waals surface area contributed by atoms with Gasteiger partial charge in [0.1, 0.15) is 0 Å². The van der Waals surface area contributed by atoms with Crippen LogP contribution in [-0.4, -0.2) is 44.2 Å². The molecule has 1 aromatic carbocycles. The molecule has 0 radical (unpaired) electrons. The number of hydrogen-bond donors (Lipinski definition) is 1. The van der Waals surface area contributed by atoms with Crippen molar-refractivity contribution in [1.29, 1.82) is 0 Å². The summed E-state index contributed by atoms with van der Waals surface area (Å²) in [5.41, 5.74) is 2.76. The Hall–Kier alpha value is -1.06. The van der Waals surface area contributed by atoms with Crippen LogP contribution in [0.2, 0.25) is 0 Å². The second-order valence-electron chi connectivity index (χ2n) is 6.18. The highest BCUT2D eigenvalue weighted by molar-refractivity contribution is 5.48. The molecule has 0 spiro atoms. The van der Waals surface area contributed by atoms with Gasteiger partial charge in [-0.15, -0.1) is 0 Å². The highest BCUT2D eigenvalue weighted by Gasteiger charge is 2.26. The van der Waals surface area contributed by atoms with Gasteiger partial charge in [-0.1, -0.05) is 19.1 Å². The molecule has 3 rings (SSSR count). The number of hydrogen-bond acceptors (Lipinski definition) is 3. The number of anilines is 1. The maximum Gasteiger partial charge on any atom is 0.0367 e. The normalized spacial score (nSPS) is 20.4. The molecule has 1 N–H and O–H groups in total. The molecule has 1 saturated carbocycles. The largest absolute Gasteiger partial charge is 0.369 e. The van der Waals surface area contributed by atoms with E-state index in [0.29, 0.717) is 0 Å². The van der Waals surface area contributed by atoms with Crippen molar-refractivity contribution in [3.05, 3.63) is 29.8 Å². The summed E-state index contributed by atoms with van der Waals surface area (Å²) in [6.45, 7) is 10.3. The fourth-order valence-corrected chi connectivity index (χ4v) is 2.95. The molecule has 1 aromatic rings. The molecule has 0 unspecified atom stereocenters. The van der Waals surface area contributed by atoms with Crippen molar-refractivity contribution < 1.29 is 0 Å². The quantitative estimate of drug-likeness (QED) is 0.858. The van der Waals surface area contributed by atoms with E-state index in [1.54, 1.807) is 0 Å². The molecular weight excluding hydrogens is 246 g/mol. The molecule has 2 aliphatic rings. The van der Waals surface area contributed by atoms with Gasteiger partial charge in [0.25, 0.3) is 0 Å². The van der Waals surface area contributed by atoms with Crippen LogP contribution in [0.4, 0.5) is 5.69 Å². The first-order chi connectivity index (χ1) is 9.85. The standard InChI is InChI=1S/C17H27N3/c1-2-18-13-15-5-7-17(8-6-15)20-11-9-19(10-12-20)14-16-3-4-16/h5-8,16,18H,2-4,9-14H2,1H3. The lowest BCUT2D eigenvalue weighted by Crippen LogP contribution is -2.47. The third-order valence-electron chi connectivity index (χ3n) is 4.47. The van der Waals surface area contributed by atoms with E-state index in [1.165, 1.54) is 56.8 Å². The number of nitrogens with zero attached hydrogens (tertiary/aromatic N) is 2. The summed E-state index contributed by atoms with van der Waals surface area (Å²) >= 11 is 0. The third-order valence-corrected chi connectivity index (χ3v) is 4.47. The topological polar surface area (TPSA) is 18.5 Å². The second kappa shape index (κ2) is 6.59. The van der Waals surface area contributed by atoms with Gasteiger partial charge in [0.05, 0.1) is 0 Å². The summed E-state index contributed by atoms with van der Waals surface area (Å²) in [6, 6.07) is 9.08. The summed E-state index contributed by atoms with van der Waals surface area (Å²) in [7, 11) is 0. The zero-order valence-electron chi connectivity index (χ0n) is 12.6. The van der Waals surface area contributed by atoms with Gasteiger partial charge in [-0.25, -0.2) is 0 Å². The molecule has 110 valence electrons. The molecule has 1 aliphatic heterocycles. The van der Waals surface area contributed by atoms with Crippen LogP contribution in [0.1, 0.15) is 25.3 Å². The van der Waals surface area contributed by atoms with Crippen LogP contribution in [0.15, 0.2) is 24.3 Å². The first kappa shape index (κ1) is 13.9. The summed E-state index contributed by atoms with van der Waals surface area (Å²) in [4.78, 5) is 5.17. The summed E-state index contributed by atoms with van der Waals surface area (Å²) < 4.78 is 0. The molecule has 1 aliphatic carbocycles. The molecule has 1 saturated heterocycles. The van der Waals surface area contributed by atoms with Crippen molar-refractivity contribution in [3.8, 4) is 0 Å². The average molecular weight is 273 g/mol. The molecule has 0 bridgehead atoms. The highest BCUT2D eigenvalue weighted by Crippen LogP contribution is 2.30. The number of nitrogens with one attached hydrogen (secondary N) is 1. The fraction of sp³-hybridized carbons (Fsp3) is 0.647. The van der Waals surface area contributed by atoms with Gasteiger partial charge in [-0.3, -0.25) is 4.90 Å². The van der Waals surface area contributed by atoms with E-state index in [9.17, 15) is 0 Å². The van der Waals surface area contributed by atoms with E-state index >= 15 is 0 Å². The van der Waals surface area contributed by atoms with Crippen LogP contribution >= 0.6 is 0 Å². The van der Waals surface area contributed by atoms with Gasteiger partial charge in [0.15, 0.2) is 0 Å². The van der Waals surface area contributed by atoms with E-state index in [-0.39, 0.29) is 0 Å². The molecule has 0 aromatic heterocycles. The van der Waals surface area contributed by atoms with Crippen LogP contribution in [-0.2, 0) is 6.54 Å². The Morgan fingerprint density at radius 2 is 1.75 bits per heavy atom. The lowest BCUT2D eigenvalue weighted by atomic mass is 10.1. The van der Waals surface area contributed by atoms with Gasteiger partial charge >= 0.3 is 0 Å². The number of rotatable bonds is 6. The van der Waals surface area contributed by atoms with Crippen LogP contribution in [0.5, 0.6) is 0 Å². The van der Waals surface area contributed by atoms with Crippen LogP contribution in [0, 0.1) is 5.92 Å². The van der Waals surface area contributed by atoms with Crippen molar-refractivity contribution in [1.82, 2.24) is 10.2 Å². The first-order valence-electron chi connectivity index (χ1n) is 8.12. The Morgan fingerprint density at radius 3 is 2.35 bits per heavy atom. The lowest BCUT2D eigenvalue weighted by Gasteiger charge is -2.36. The minimum Gasteiger partial charge on any atom is -0.369 e. The van der Waals surface area contributed by atoms with Gasteiger partial charge < -0.3 is 10.2 Å².